The van der Waals surface area contributed by atoms with Crippen LogP contribution in [0.2, 0.25) is 0 Å². The molecular weight excluding hydrogens is 263 g/mol. The third-order valence-corrected chi connectivity index (χ3v) is 4.46. The molecule has 0 heterocycles. The molecule has 0 saturated heterocycles. The lowest BCUT2D eigenvalue weighted by atomic mass is 9.80. The zero-order valence-electron chi connectivity index (χ0n) is 14.1. The fraction of sp³-hybridized carbons (Fsp3) is 0.684. The number of halogens is 1. The van der Waals surface area contributed by atoms with Crippen molar-refractivity contribution in [3.63, 3.8) is 0 Å². The third kappa shape index (κ3) is 6.17. The van der Waals surface area contributed by atoms with E-state index in [1.807, 2.05) is 6.07 Å². The van der Waals surface area contributed by atoms with Gasteiger partial charge in [0.1, 0.15) is 5.82 Å². The second kappa shape index (κ2) is 9.19. The summed E-state index contributed by atoms with van der Waals surface area (Å²) in [7, 11) is 1.74. The highest BCUT2D eigenvalue weighted by Crippen LogP contribution is 2.35. The maximum Gasteiger partial charge on any atom is 0.123 e. The highest BCUT2D eigenvalue weighted by molar-refractivity contribution is 5.23. The lowest BCUT2D eigenvalue weighted by Gasteiger charge is -2.33. The number of benzene rings is 1. The van der Waals surface area contributed by atoms with Crippen LogP contribution in [0.25, 0.3) is 0 Å². The van der Waals surface area contributed by atoms with E-state index >= 15 is 0 Å². The molecule has 1 nitrogen and oxygen atoms in total. The van der Waals surface area contributed by atoms with Crippen molar-refractivity contribution >= 4 is 0 Å². The van der Waals surface area contributed by atoms with Gasteiger partial charge in [-0.1, -0.05) is 57.6 Å². The van der Waals surface area contributed by atoms with Crippen molar-refractivity contribution in [3.8, 4) is 0 Å². The summed E-state index contributed by atoms with van der Waals surface area (Å²) in [6, 6.07) is 6.98. The number of rotatable bonds is 10. The van der Waals surface area contributed by atoms with E-state index in [0.29, 0.717) is 0 Å². The first-order chi connectivity index (χ1) is 10.0. The lowest BCUT2D eigenvalue weighted by molar-refractivity contribution is -0.00455. The standard InChI is InChI=1S/C19H31FO/c1-5-6-7-8-9-10-14-18(19(2,3)21-4)16-12-11-13-17(20)15-16/h11-13,15,18H,5-10,14H2,1-4H3. The molecule has 0 aliphatic rings. The highest BCUT2D eigenvalue weighted by Gasteiger charge is 2.30. The van der Waals surface area contributed by atoms with Gasteiger partial charge in [0.15, 0.2) is 0 Å². The van der Waals surface area contributed by atoms with Crippen LogP contribution in [0.15, 0.2) is 24.3 Å². The van der Waals surface area contributed by atoms with E-state index in [9.17, 15) is 4.39 Å². The minimum atomic E-state index is -0.267. The largest absolute Gasteiger partial charge is 0.378 e. The molecular formula is C19H31FO. The van der Waals surface area contributed by atoms with Gasteiger partial charge in [-0.2, -0.15) is 0 Å². The van der Waals surface area contributed by atoms with E-state index in [0.717, 1.165) is 12.0 Å². The Kier molecular flexibility index (Phi) is 7.95. The van der Waals surface area contributed by atoms with Crippen molar-refractivity contribution in [1.29, 1.82) is 0 Å². The molecule has 0 aliphatic carbocycles. The second-order valence-corrected chi connectivity index (χ2v) is 6.47. The molecule has 0 fully saturated rings. The monoisotopic (exact) mass is 294 g/mol. The van der Waals surface area contributed by atoms with Crippen LogP contribution in [-0.2, 0) is 4.74 Å². The molecule has 1 unspecified atom stereocenters. The number of hydrogen-bond acceptors (Lipinski definition) is 1. The number of methoxy groups -OCH3 is 1. The van der Waals surface area contributed by atoms with E-state index in [1.54, 1.807) is 19.2 Å². The normalized spacial score (nSPS) is 13.4. The van der Waals surface area contributed by atoms with Crippen LogP contribution < -0.4 is 0 Å². The first kappa shape index (κ1) is 18.2. The van der Waals surface area contributed by atoms with Gasteiger partial charge in [-0.25, -0.2) is 4.39 Å². The molecule has 2 heteroatoms. The van der Waals surface area contributed by atoms with E-state index in [2.05, 4.69) is 20.8 Å². The van der Waals surface area contributed by atoms with Gasteiger partial charge in [-0.15, -0.1) is 0 Å². The van der Waals surface area contributed by atoms with Gasteiger partial charge in [0.2, 0.25) is 0 Å². The SMILES string of the molecule is CCCCCCCCC(c1cccc(F)c1)C(C)(C)OC. The maximum atomic E-state index is 13.5. The smallest absolute Gasteiger partial charge is 0.123 e. The van der Waals surface area contributed by atoms with Gasteiger partial charge in [-0.05, 0) is 38.0 Å². The number of unbranched alkanes of at least 4 members (excludes halogenated alkanes) is 5. The molecule has 1 rings (SSSR count). The molecule has 120 valence electrons. The Labute approximate surface area is 129 Å². The Morgan fingerprint density at radius 1 is 1.10 bits per heavy atom. The summed E-state index contributed by atoms with van der Waals surface area (Å²) < 4.78 is 19.2. The average Bonchev–Trinajstić information content (AvgIpc) is 2.46. The van der Waals surface area contributed by atoms with Crippen molar-refractivity contribution in [1.82, 2.24) is 0 Å². The zero-order chi connectivity index (χ0) is 15.7. The topological polar surface area (TPSA) is 9.23 Å². The molecule has 0 radical (unpaired) electrons. The third-order valence-electron chi connectivity index (χ3n) is 4.46. The Morgan fingerprint density at radius 2 is 1.76 bits per heavy atom. The van der Waals surface area contributed by atoms with Gasteiger partial charge in [0, 0.05) is 13.0 Å². The summed E-state index contributed by atoms with van der Waals surface area (Å²) in [5, 5.41) is 0. The number of hydrogen-bond donors (Lipinski definition) is 0. The molecule has 0 amide bonds. The van der Waals surface area contributed by atoms with Gasteiger partial charge in [0.05, 0.1) is 5.60 Å². The fourth-order valence-electron chi connectivity index (χ4n) is 2.91. The van der Waals surface area contributed by atoms with Gasteiger partial charge < -0.3 is 4.74 Å². The molecule has 0 bridgehead atoms. The van der Waals surface area contributed by atoms with E-state index < -0.39 is 0 Å². The summed E-state index contributed by atoms with van der Waals surface area (Å²) in [5.74, 6) is 0.0803. The summed E-state index contributed by atoms with van der Waals surface area (Å²) in [5.41, 5.74) is 0.785. The number of ether oxygens (including phenoxy) is 1. The van der Waals surface area contributed by atoms with Crippen molar-refractivity contribution in [2.75, 3.05) is 7.11 Å². The molecule has 21 heavy (non-hydrogen) atoms. The molecule has 1 aromatic rings. The van der Waals surface area contributed by atoms with Crippen molar-refractivity contribution in [2.24, 2.45) is 0 Å². The van der Waals surface area contributed by atoms with Crippen LogP contribution in [0, 0.1) is 5.82 Å². The van der Waals surface area contributed by atoms with Crippen LogP contribution in [0.4, 0.5) is 4.39 Å². The predicted molar refractivity (Wildman–Crippen MR) is 88.2 cm³/mol. The first-order valence-corrected chi connectivity index (χ1v) is 8.32. The molecule has 0 aromatic heterocycles. The highest BCUT2D eigenvalue weighted by atomic mass is 19.1. The Morgan fingerprint density at radius 3 is 2.38 bits per heavy atom. The summed E-state index contributed by atoms with van der Waals surface area (Å²) in [4.78, 5) is 0. The Balaban J connectivity index is 2.62. The average molecular weight is 294 g/mol. The van der Waals surface area contributed by atoms with Gasteiger partial charge in [0.25, 0.3) is 0 Å². The fourth-order valence-corrected chi connectivity index (χ4v) is 2.91. The predicted octanol–water partition coefficient (Wildman–Crippen LogP) is 6.08. The minimum absolute atomic E-state index is 0.160. The summed E-state index contributed by atoms with van der Waals surface area (Å²) >= 11 is 0. The second-order valence-electron chi connectivity index (χ2n) is 6.47. The van der Waals surface area contributed by atoms with Crippen molar-refractivity contribution < 1.29 is 9.13 Å². The van der Waals surface area contributed by atoms with E-state index in [4.69, 9.17) is 4.74 Å². The molecule has 0 spiro atoms. The van der Waals surface area contributed by atoms with Crippen LogP contribution in [0.3, 0.4) is 0 Å². The Bertz CT molecular complexity index is 400. The van der Waals surface area contributed by atoms with Gasteiger partial charge in [-0.3, -0.25) is 0 Å². The first-order valence-electron chi connectivity index (χ1n) is 8.32. The quantitative estimate of drug-likeness (QED) is 0.475. The Hall–Kier alpha value is -0.890. The molecule has 1 aromatic carbocycles. The van der Waals surface area contributed by atoms with Crippen LogP contribution in [0.1, 0.15) is 77.2 Å². The summed E-state index contributed by atoms with van der Waals surface area (Å²) in [6.45, 7) is 6.43. The van der Waals surface area contributed by atoms with E-state index in [-0.39, 0.29) is 17.3 Å². The zero-order valence-corrected chi connectivity index (χ0v) is 14.1. The van der Waals surface area contributed by atoms with Gasteiger partial charge >= 0.3 is 0 Å². The van der Waals surface area contributed by atoms with Crippen molar-refractivity contribution in [2.45, 2.75) is 77.2 Å². The summed E-state index contributed by atoms with van der Waals surface area (Å²) in [6.07, 6.45) is 8.73. The van der Waals surface area contributed by atoms with Crippen LogP contribution in [0.5, 0.6) is 0 Å². The molecule has 1 atom stereocenters. The van der Waals surface area contributed by atoms with Crippen LogP contribution >= 0.6 is 0 Å². The van der Waals surface area contributed by atoms with E-state index in [1.165, 1.54) is 44.6 Å². The lowest BCUT2D eigenvalue weighted by Crippen LogP contribution is -2.31. The molecule has 0 aliphatic heterocycles. The minimum Gasteiger partial charge on any atom is -0.378 e. The maximum absolute atomic E-state index is 13.5. The van der Waals surface area contributed by atoms with Crippen LogP contribution in [-0.4, -0.2) is 12.7 Å². The molecule has 0 saturated carbocycles. The van der Waals surface area contributed by atoms with Crippen molar-refractivity contribution in [3.05, 3.63) is 35.6 Å². The molecule has 0 N–H and O–H groups in total.